The third-order valence-corrected chi connectivity index (χ3v) is 4.42. The van der Waals surface area contributed by atoms with Crippen LogP contribution < -0.4 is 5.69 Å². The molecule has 1 aliphatic rings. The molecule has 0 bridgehead atoms. The van der Waals surface area contributed by atoms with Crippen LogP contribution in [0.15, 0.2) is 39.1 Å². The highest BCUT2D eigenvalue weighted by Gasteiger charge is 2.28. The van der Waals surface area contributed by atoms with Gasteiger partial charge in [0.05, 0.1) is 6.10 Å². The molecule has 1 heterocycles. The van der Waals surface area contributed by atoms with Crippen molar-refractivity contribution in [3.8, 4) is 0 Å². The molecule has 0 spiro atoms. The largest absolute Gasteiger partial charge is 0.388 e. The number of rotatable bonds is 5. The molecule has 1 aromatic carbocycles. The summed E-state index contributed by atoms with van der Waals surface area (Å²) in [5.41, 5.74) is 0.784. The van der Waals surface area contributed by atoms with Gasteiger partial charge >= 0.3 is 5.69 Å². The Morgan fingerprint density at radius 2 is 2.15 bits per heavy atom. The van der Waals surface area contributed by atoms with Gasteiger partial charge in [0.25, 0.3) is 0 Å². The quantitative estimate of drug-likeness (QED) is 0.888. The first kappa shape index (κ1) is 13.5. The number of aromatic amines is 1. The first-order valence-corrected chi connectivity index (χ1v) is 7.63. The fraction of sp³-hybridized carbons (Fsp3) is 0.429. The van der Waals surface area contributed by atoms with E-state index in [9.17, 15) is 9.90 Å². The minimum absolute atomic E-state index is 0.131. The first-order valence-electron chi connectivity index (χ1n) is 6.82. The molecule has 2 aromatic rings. The zero-order valence-electron chi connectivity index (χ0n) is 11.2. The van der Waals surface area contributed by atoms with Crippen LogP contribution in [0, 0.1) is 0 Å². The molecule has 0 radical (unpaired) electrons. The van der Waals surface area contributed by atoms with Crippen LogP contribution in [0.2, 0.25) is 0 Å². The number of H-pyrrole nitrogens is 1. The first-order chi connectivity index (χ1) is 9.69. The van der Waals surface area contributed by atoms with E-state index in [2.05, 4.69) is 10.2 Å². The summed E-state index contributed by atoms with van der Waals surface area (Å²) < 4.78 is 1.74. The van der Waals surface area contributed by atoms with Crippen molar-refractivity contribution in [1.82, 2.24) is 14.8 Å². The Labute approximate surface area is 121 Å². The average molecular weight is 291 g/mol. The molecule has 0 amide bonds. The highest BCUT2D eigenvalue weighted by Crippen LogP contribution is 2.37. The number of aromatic nitrogens is 3. The minimum atomic E-state index is -0.413. The molecule has 6 heteroatoms. The number of hydrogen-bond donors (Lipinski definition) is 2. The Hall–Kier alpha value is -1.53. The summed E-state index contributed by atoms with van der Waals surface area (Å²) in [6.45, 7) is 1.95. The van der Waals surface area contributed by atoms with Crippen molar-refractivity contribution in [2.75, 3.05) is 0 Å². The van der Waals surface area contributed by atoms with Crippen molar-refractivity contribution in [2.24, 2.45) is 0 Å². The van der Waals surface area contributed by atoms with Gasteiger partial charge in [-0.25, -0.2) is 9.89 Å². The Morgan fingerprint density at radius 3 is 2.75 bits per heavy atom. The van der Waals surface area contributed by atoms with Crippen LogP contribution in [-0.4, -0.2) is 19.9 Å². The molecule has 1 unspecified atom stereocenters. The lowest BCUT2D eigenvalue weighted by molar-refractivity contribution is 0.173. The van der Waals surface area contributed by atoms with Crippen LogP contribution in [0.4, 0.5) is 0 Å². The predicted molar refractivity (Wildman–Crippen MR) is 76.9 cm³/mol. The van der Waals surface area contributed by atoms with Crippen LogP contribution in [0.5, 0.6) is 0 Å². The molecule has 0 aliphatic heterocycles. The van der Waals surface area contributed by atoms with Gasteiger partial charge < -0.3 is 5.11 Å². The van der Waals surface area contributed by atoms with Gasteiger partial charge in [0.2, 0.25) is 0 Å². The van der Waals surface area contributed by atoms with Crippen LogP contribution in [0.25, 0.3) is 0 Å². The second-order valence-electron chi connectivity index (χ2n) is 5.01. The van der Waals surface area contributed by atoms with Gasteiger partial charge in [-0.2, -0.15) is 0 Å². The third kappa shape index (κ3) is 2.66. The molecule has 1 fully saturated rings. The fourth-order valence-corrected chi connectivity index (χ4v) is 3.02. The Morgan fingerprint density at radius 1 is 1.45 bits per heavy atom. The zero-order chi connectivity index (χ0) is 14.1. The molecule has 0 saturated heterocycles. The van der Waals surface area contributed by atoms with Gasteiger partial charge in [-0.1, -0.05) is 19.1 Å². The van der Waals surface area contributed by atoms with E-state index < -0.39 is 6.10 Å². The van der Waals surface area contributed by atoms with E-state index in [4.69, 9.17) is 0 Å². The van der Waals surface area contributed by atoms with Crippen LogP contribution in [0.1, 0.15) is 43.9 Å². The van der Waals surface area contributed by atoms with E-state index in [-0.39, 0.29) is 5.69 Å². The van der Waals surface area contributed by atoms with Crippen LogP contribution in [0.3, 0.4) is 0 Å². The molecule has 20 heavy (non-hydrogen) atoms. The summed E-state index contributed by atoms with van der Waals surface area (Å²) in [7, 11) is 0. The summed E-state index contributed by atoms with van der Waals surface area (Å²) in [4.78, 5) is 12.7. The van der Waals surface area contributed by atoms with Crippen molar-refractivity contribution in [1.29, 1.82) is 0 Å². The summed E-state index contributed by atoms with van der Waals surface area (Å²) in [6, 6.07) is 8.06. The minimum Gasteiger partial charge on any atom is -0.388 e. The lowest BCUT2D eigenvalue weighted by atomic mass is 10.1. The molecule has 3 rings (SSSR count). The zero-order valence-corrected chi connectivity index (χ0v) is 12.1. The summed E-state index contributed by atoms with van der Waals surface area (Å²) in [6.07, 6.45) is 2.39. The maximum atomic E-state index is 11.7. The number of hydrogen-bond acceptors (Lipinski definition) is 4. The lowest BCUT2D eigenvalue weighted by Gasteiger charge is -2.08. The molecule has 1 aliphatic carbocycles. The van der Waals surface area contributed by atoms with Gasteiger partial charge in [0.1, 0.15) is 0 Å². The van der Waals surface area contributed by atoms with E-state index in [0.717, 1.165) is 23.3 Å². The SMILES string of the molecule is CCC(O)c1ccc(Sc2n[nH]c(=O)n2C2CC2)cc1. The summed E-state index contributed by atoms with van der Waals surface area (Å²) in [5.74, 6) is 0. The Kier molecular flexibility index (Phi) is 3.67. The van der Waals surface area contributed by atoms with E-state index in [0.29, 0.717) is 17.6 Å². The second-order valence-corrected chi connectivity index (χ2v) is 6.05. The van der Waals surface area contributed by atoms with Crippen molar-refractivity contribution in [3.63, 3.8) is 0 Å². The molecule has 5 nitrogen and oxygen atoms in total. The lowest BCUT2D eigenvalue weighted by Crippen LogP contribution is -2.15. The molecule has 1 aromatic heterocycles. The van der Waals surface area contributed by atoms with Crippen molar-refractivity contribution in [2.45, 2.75) is 48.4 Å². The monoisotopic (exact) mass is 291 g/mol. The summed E-state index contributed by atoms with van der Waals surface area (Å²) in [5, 5.41) is 17.1. The van der Waals surface area contributed by atoms with Gasteiger partial charge in [-0.3, -0.25) is 4.57 Å². The van der Waals surface area contributed by atoms with E-state index in [1.807, 2.05) is 31.2 Å². The topological polar surface area (TPSA) is 70.9 Å². The molecule has 106 valence electrons. The third-order valence-electron chi connectivity index (χ3n) is 3.44. The van der Waals surface area contributed by atoms with Gasteiger partial charge in [-0.05, 0) is 48.7 Å². The second kappa shape index (κ2) is 5.46. The standard InChI is InChI=1S/C14H17N3O2S/c1-2-12(18)9-3-7-11(8-4-9)20-14-16-15-13(19)17(14)10-5-6-10/h3-4,7-8,10,12,18H,2,5-6H2,1H3,(H,15,19). The van der Waals surface area contributed by atoms with Crippen LogP contribution >= 0.6 is 11.8 Å². The number of aliphatic hydroxyl groups is 1. The number of aliphatic hydroxyl groups excluding tert-OH is 1. The van der Waals surface area contributed by atoms with Gasteiger partial charge in [0, 0.05) is 10.9 Å². The predicted octanol–water partition coefficient (Wildman–Crippen LogP) is 2.50. The van der Waals surface area contributed by atoms with Crippen molar-refractivity contribution in [3.05, 3.63) is 40.3 Å². The van der Waals surface area contributed by atoms with E-state index in [1.165, 1.54) is 11.8 Å². The van der Waals surface area contributed by atoms with E-state index >= 15 is 0 Å². The van der Waals surface area contributed by atoms with Crippen molar-refractivity contribution < 1.29 is 5.11 Å². The normalized spacial score (nSPS) is 16.3. The number of nitrogens with one attached hydrogen (secondary N) is 1. The Balaban J connectivity index is 1.79. The molecular formula is C14H17N3O2S. The highest BCUT2D eigenvalue weighted by atomic mass is 32.2. The van der Waals surface area contributed by atoms with Crippen molar-refractivity contribution >= 4 is 11.8 Å². The molecule has 1 atom stereocenters. The maximum absolute atomic E-state index is 11.7. The van der Waals surface area contributed by atoms with Gasteiger partial charge in [-0.15, -0.1) is 5.10 Å². The molecule has 1 saturated carbocycles. The van der Waals surface area contributed by atoms with Crippen LogP contribution in [-0.2, 0) is 0 Å². The number of benzene rings is 1. The average Bonchev–Trinajstić information content (AvgIpc) is 3.24. The molecular weight excluding hydrogens is 274 g/mol. The maximum Gasteiger partial charge on any atom is 0.344 e. The highest BCUT2D eigenvalue weighted by molar-refractivity contribution is 7.99. The molecule has 2 N–H and O–H groups in total. The van der Waals surface area contributed by atoms with Gasteiger partial charge in [0.15, 0.2) is 5.16 Å². The van der Waals surface area contributed by atoms with E-state index in [1.54, 1.807) is 4.57 Å². The number of nitrogens with zero attached hydrogens (tertiary/aromatic N) is 2. The smallest absolute Gasteiger partial charge is 0.344 e. The summed E-state index contributed by atoms with van der Waals surface area (Å²) >= 11 is 1.47. The Bertz CT molecular complexity index is 643. The fourth-order valence-electron chi connectivity index (χ4n) is 2.12.